The number of carbonyl (C=O) groups excluding carboxylic acids is 2. The Labute approximate surface area is 186 Å². The molecule has 31 heavy (non-hydrogen) atoms. The van der Waals surface area contributed by atoms with Crippen molar-refractivity contribution in [2.24, 2.45) is 0 Å². The van der Waals surface area contributed by atoms with Crippen molar-refractivity contribution in [3.63, 3.8) is 0 Å². The number of nitrogens with zero attached hydrogens (tertiary/aromatic N) is 1. The van der Waals surface area contributed by atoms with E-state index in [9.17, 15) is 19.8 Å². The van der Waals surface area contributed by atoms with E-state index in [0.717, 1.165) is 5.56 Å². The molecule has 9 heteroatoms. The molecule has 1 aliphatic carbocycles. The van der Waals surface area contributed by atoms with Gasteiger partial charge in [0.15, 0.2) is 0 Å². The summed E-state index contributed by atoms with van der Waals surface area (Å²) in [5, 5.41) is 23.2. The van der Waals surface area contributed by atoms with Gasteiger partial charge in [0.25, 0.3) is 11.1 Å². The molecule has 1 heterocycles. The van der Waals surface area contributed by atoms with Gasteiger partial charge in [0.1, 0.15) is 24.4 Å². The van der Waals surface area contributed by atoms with E-state index in [1.54, 1.807) is 20.8 Å². The second kappa shape index (κ2) is 9.33. The molecule has 1 fully saturated rings. The van der Waals surface area contributed by atoms with Gasteiger partial charge in [0, 0.05) is 12.0 Å². The monoisotopic (exact) mass is 448 g/mol. The van der Waals surface area contributed by atoms with Crippen molar-refractivity contribution in [2.45, 2.75) is 63.5 Å². The predicted octanol–water partition coefficient (Wildman–Crippen LogP) is 1.69. The zero-order valence-electron chi connectivity index (χ0n) is 17.8. The maximum Gasteiger partial charge on any atom is 0.407 e. The van der Waals surface area contributed by atoms with Crippen molar-refractivity contribution in [1.82, 2.24) is 10.2 Å². The molecule has 0 saturated carbocycles. The molecule has 0 spiro atoms. The Morgan fingerprint density at radius 1 is 1.26 bits per heavy atom. The van der Waals surface area contributed by atoms with Gasteiger partial charge in [-0.05, 0) is 51.0 Å². The number of hydrogen-bond acceptors (Lipinski definition) is 7. The first-order chi connectivity index (χ1) is 14.5. The molecule has 3 rings (SSSR count). The molecule has 1 aliphatic heterocycles. The summed E-state index contributed by atoms with van der Waals surface area (Å²) in [4.78, 5) is 26.8. The first-order valence-electron chi connectivity index (χ1n) is 10.2. The summed E-state index contributed by atoms with van der Waals surface area (Å²) in [6.45, 7) is 5.43. The van der Waals surface area contributed by atoms with Crippen LogP contribution >= 0.6 is 12.2 Å². The molecule has 0 aromatic heterocycles. The number of aliphatic hydroxyl groups is 2. The third kappa shape index (κ3) is 5.81. The van der Waals surface area contributed by atoms with Gasteiger partial charge in [-0.1, -0.05) is 30.3 Å². The summed E-state index contributed by atoms with van der Waals surface area (Å²) in [5.41, 5.74) is 0.557. The van der Waals surface area contributed by atoms with Gasteiger partial charge >= 0.3 is 6.09 Å². The van der Waals surface area contributed by atoms with E-state index in [0.29, 0.717) is 6.42 Å². The minimum Gasteiger partial charge on any atom is -0.468 e. The van der Waals surface area contributed by atoms with Crippen molar-refractivity contribution in [3.8, 4) is 0 Å². The lowest BCUT2D eigenvalue weighted by Gasteiger charge is -2.33. The Kier molecular flexibility index (Phi) is 6.98. The maximum absolute atomic E-state index is 13.3. The van der Waals surface area contributed by atoms with Crippen LogP contribution in [0.15, 0.2) is 42.0 Å². The molecule has 0 unspecified atom stereocenters. The van der Waals surface area contributed by atoms with Crippen LogP contribution in [0.25, 0.3) is 0 Å². The molecule has 0 radical (unpaired) electrons. The topological polar surface area (TPSA) is 108 Å². The van der Waals surface area contributed by atoms with E-state index in [-0.39, 0.29) is 29.8 Å². The first kappa shape index (κ1) is 23.2. The summed E-state index contributed by atoms with van der Waals surface area (Å²) < 4.78 is 10.7. The van der Waals surface area contributed by atoms with Crippen LogP contribution in [0.2, 0.25) is 0 Å². The number of benzene rings is 1. The van der Waals surface area contributed by atoms with E-state index in [4.69, 9.17) is 21.7 Å². The van der Waals surface area contributed by atoms with Gasteiger partial charge in [-0.25, -0.2) is 4.79 Å². The second-order valence-electron chi connectivity index (χ2n) is 8.73. The number of thiocarbonyl (C=S) groups is 1. The van der Waals surface area contributed by atoms with Crippen molar-refractivity contribution in [3.05, 3.63) is 47.5 Å². The van der Waals surface area contributed by atoms with Gasteiger partial charge in [-0.15, -0.1) is 0 Å². The van der Waals surface area contributed by atoms with Crippen molar-refractivity contribution in [2.75, 3.05) is 6.61 Å². The molecule has 3 N–H and O–H groups in total. The number of ether oxygens (including phenoxy) is 2. The highest BCUT2D eigenvalue weighted by Crippen LogP contribution is 2.26. The van der Waals surface area contributed by atoms with Crippen LogP contribution in [0.5, 0.6) is 0 Å². The molecule has 4 atom stereocenters. The number of hydrogen-bond donors (Lipinski definition) is 3. The Balaban J connectivity index is 1.73. The van der Waals surface area contributed by atoms with Crippen LogP contribution < -0.4 is 5.32 Å². The fourth-order valence-electron chi connectivity index (χ4n) is 3.62. The third-order valence-electron chi connectivity index (χ3n) is 5.04. The Bertz CT molecular complexity index is 867. The fourth-order valence-corrected chi connectivity index (χ4v) is 3.92. The smallest absolute Gasteiger partial charge is 0.407 e. The van der Waals surface area contributed by atoms with Crippen molar-refractivity contribution < 1.29 is 29.3 Å². The lowest BCUT2D eigenvalue weighted by atomic mass is 9.89. The predicted molar refractivity (Wildman–Crippen MR) is 117 cm³/mol. The molecule has 2 amide bonds. The number of rotatable bonds is 4. The Morgan fingerprint density at radius 2 is 1.94 bits per heavy atom. The zero-order chi connectivity index (χ0) is 22.8. The summed E-state index contributed by atoms with van der Waals surface area (Å²) >= 11 is 5.25. The van der Waals surface area contributed by atoms with Crippen molar-refractivity contribution >= 4 is 29.4 Å². The normalized spacial score (nSPS) is 26.2. The molecule has 2 aliphatic rings. The minimum atomic E-state index is -1.32. The number of amides is 2. The van der Waals surface area contributed by atoms with Gasteiger partial charge in [-0.2, -0.15) is 0 Å². The van der Waals surface area contributed by atoms with Crippen LogP contribution in [0.1, 0.15) is 32.8 Å². The third-order valence-corrected chi connectivity index (χ3v) is 5.36. The highest BCUT2D eigenvalue weighted by atomic mass is 32.1. The second-order valence-corrected chi connectivity index (χ2v) is 9.07. The molecule has 1 saturated heterocycles. The number of carbonyl (C=O) groups is 2. The fraction of sp³-hybridized carbons (Fsp3) is 0.500. The van der Waals surface area contributed by atoms with E-state index in [1.807, 2.05) is 30.3 Å². The largest absolute Gasteiger partial charge is 0.468 e. The van der Waals surface area contributed by atoms with Crippen LogP contribution in [0.4, 0.5) is 4.79 Å². The molecule has 1 aromatic carbocycles. The molecule has 168 valence electrons. The zero-order valence-corrected chi connectivity index (χ0v) is 18.6. The summed E-state index contributed by atoms with van der Waals surface area (Å²) in [5.74, 6) is -0.412. The average Bonchev–Trinajstić information content (AvgIpc) is 3.04. The first-order valence-corrected chi connectivity index (χ1v) is 10.6. The maximum atomic E-state index is 13.3. The summed E-state index contributed by atoms with van der Waals surface area (Å²) in [6.07, 6.45) is -1.44. The van der Waals surface area contributed by atoms with Crippen LogP contribution in [0.3, 0.4) is 0 Å². The number of nitrogens with one attached hydrogen (secondary N) is 1. The van der Waals surface area contributed by atoms with Crippen LogP contribution in [-0.2, 0) is 20.7 Å². The minimum absolute atomic E-state index is 0.0213. The Hall–Kier alpha value is -2.49. The lowest BCUT2D eigenvalue weighted by molar-refractivity contribution is -0.125. The summed E-state index contributed by atoms with van der Waals surface area (Å²) in [6, 6.07) is 8.51. The molecule has 1 aromatic rings. The molecular formula is C22H28N2O6S. The molecule has 0 bridgehead atoms. The SMILES string of the molecule is CC(C)(C)OC(=O)N[C@H]1CC(C(=O)N2C(=S)OC[C@H]2Cc2ccccc2)=C[C@@H](O)[C@H]1O. The number of alkyl carbamates (subject to hydrolysis) is 1. The van der Waals surface area contributed by atoms with E-state index < -0.39 is 35.9 Å². The van der Waals surface area contributed by atoms with Gasteiger partial charge in [0.05, 0.1) is 12.1 Å². The Morgan fingerprint density at radius 3 is 2.58 bits per heavy atom. The highest BCUT2D eigenvalue weighted by Gasteiger charge is 2.41. The quantitative estimate of drug-likeness (QED) is 0.602. The summed E-state index contributed by atoms with van der Waals surface area (Å²) in [7, 11) is 0. The number of aliphatic hydroxyl groups excluding tert-OH is 2. The van der Waals surface area contributed by atoms with Gasteiger partial charge in [0.2, 0.25) is 0 Å². The van der Waals surface area contributed by atoms with Crippen molar-refractivity contribution in [1.29, 1.82) is 0 Å². The lowest BCUT2D eigenvalue weighted by Crippen LogP contribution is -2.53. The van der Waals surface area contributed by atoms with Crippen LogP contribution in [0, 0.1) is 0 Å². The molecular weight excluding hydrogens is 420 g/mol. The van der Waals surface area contributed by atoms with E-state index in [2.05, 4.69) is 5.32 Å². The highest BCUT2D eigenvalue weighted by molar-refractivity contribution is 7.80. The van der Waals surface area contributed by atoms with Gasteiger partial charge in [-0.3, -0.25) is 9.69 Å². The molecule has 8 nitrogen and oxygen atoms in total. The average molecular weight is 449 g/mol. The van der Waals surface area contributed by atoms with E-state index in [1.165, 1.54) is 11.0 Å². The standard InChI is InChI=1S/C22H28N2O6S/c1-22(2,3)30-20(28)23-16-10-14(11-17(25)18(16)26)19(27)24-15(12-29-21(24)31)9-13-7-5-4-6-8-13/h4-8,11,15-18,25-26H,9-10,12H2,1-3H3,(H,23,28)/t15-,16+,17-,18+/m1/s1. The van der Waals surface area contributed by atoms with Crippen LogP contribution in [-0.4, -0.2) is 68.8 Å². The van der Waals surface area contributed by atoms with Gasteiger partial charge < -0.3 is 25.0 Å². The van der Waals surface area contributed by atoms with E-state index >= 15 is 0 Å².